The predicted octanol–water partition coefficient (Wildman–Crippen LogP) is 3.98. The quantitative estimate of drug-likeness (QED) is 0.570. The van der Waals surface area contributed by atoms with Gasteiger partial charge in [-0.1, -0.05) is 18.2 Å². The second-order valence-corrected chi connectivity index (χ2v) is 6.93. The minimum atomic E-state index is -0.282. The number of anilines is 1. The fourth-order valence-electron chi connectivity index (χ4n) is 2.84. The van der Waals surface area contributed by atoms with Crippen LogP contribution in [0, 0.1) is 0 Å². The second kappa shape index (κ2) is 6.82. The van der Waals surface area contributed by atoms with Crippen molar-refractivity contribution in [2.24, 2.45) is 0 Å². The molecule has 7 nitrogen and oxygen atoms in total. The zero-order valence-electron chi connectivity index (χ0n) is 14.5. The molecule has 8 heteroatoms. The van der Waals surface area contributed by atoms with Crippen molar-refractivity contribution < 1.29 is 14.3 Å². The average molecular weight is 390 g/mol. The zero-order valence-corrected chi connectivity index (χ0v) is 15.3. The van der Waals surface area contributed by atoms with Crippen LogP contribution in [0.5, 0.6) is 11.5 Å². The highest BCUT2D eigenvalue weighted by molar-refractivity contribution is 7.13. The summed E-state index contributed by atoms with van der Waals surface area (Å²) in [6.07, 6.45) is 3.37. The zero-order chi connectivity index (χ0) is 18.9. The van der Waals surface area contributed by atoms with Gasteiger partial charge in [-0.05, 0) is 30.3 Å². The van der Waals surface area contributed by atoms with Crippen LogP contribution in [-0.4, -0.2) is 27.5 Å². The SMILES string of the molecule is O=C(Nc1cnn(-c2ccccc2)c1)c1csc(-c2ccc3c(c2)OCO3)n1. The number of nitrogens with zero attached hydrogens (tertiary/aromatic N) is 3. The Morgan fingerprint density at radius 3 is 2.86 bits per heavy atom. The van der Waals surface area contributed by atoms with Crippen LogP contribution in [0.2, 0.25) is 0 Å². The van der Waals surface area contributed by atoms with Crippen LogP contribution < -0.4 is 14.8 Å². The van der Waals surface area contributed by atoms with Crippen molar-refractivity contribution in [2.75, 3.05) is 12.1 Å². The molecule has 0 atom stereocenters. The van der Waals surface area contributed by atoms with E-state index in [4.69, 9.17) is 9.47 Å². The van der Waals surface area contributed by atoms with Gasteiger partial charge in [-0.15, -0.1) is 11.3 Å². The van der Waals surface area contributed by atoms with Crippen LogP contribution >= 0.6 is 11.3 Å². The Balaban J connectivity index is 1.32. The van der Waals surface area contributed by atoms with Gasteiger partial charge in [0.25, 0.3) is 5.91 Å². The third-order valence-electron chi connectivity index (χ3n) is 4.22. The van der Waals surface area contributed by atoms with Crippen molar-refractivity contribution in [3.63, 3.8) is 0 Å². The van der Waals surface area contributed by atoms with Gasteiger partial charge in [0.1, 0.15) is 10.7 Å². The molecule has 4 aromatic rings. The summed E-state index contributed by atoms with van der Waals surface area (Å²) in [7, 11) is 0. The minimum absolute atomic E-state index is 0.223. The summed E-state index contributed by atoms with van der Waals surface area (Å²) in [5.74, 6) is 1.12. The lowest BCUT2D eigenvalue weighted by Gasteiger charge is -2.01. The van der Waals surface area contributed by atoms with E-state index < -0.39 is 0 Å². The molecule has 0 radical (unpaired) electrons. The number of aromatic nitrogens is 3. The Morgan fingerprint density at radius 1 is 1.11 bits per heavy atom. The molecule has 1 aliphatic heterocycles. The molecule has 3 heterocycles. The van der Waals surface area contributed by atoms with Crippen LogP contribution in [0.25, 0.3) is 16.3 Å². The van der Waals surface area contributed by atoms with Gasteiger partial charge in [-0.25, -0.2) is 9.67 Å². The number of hydrogen-bond donors (Lipinski definition) is 1. The Hall–Kier alpha value is -3.65. The Morgan fingerprint density at radius 2 is 1.96 bits per heavy atom. The van der Waals surface area contributed by atoms with Crippen molar-refractivity contribution in [3.8, 4) is 27.8 Å². The maximum Gasteiger partial charge on any atom is 0.275 e. The summed E-state index contributed by atoms with van der Waals surface area (Å²) in [4.78, 5) is 17.0. The Bertz CT molecular complexity index is 1150. The molecule has 1 N–H and O–H groups in total. The van der Waals surface area contributed by atoms with Crippen molar-refractivity contribution in [3.05, 3.63) is 72.0 Å². The molecule has 1 aliphatic rings. The van der Waals surface area contributed by atoms with Crippen LogP contribution in [0.4, 0.5) is 5.69 Å². The Kier molecular flexibility index (Phi) is 4.02. The molecule has 138 valence electrons. The molecule has 0 spiro atoms. The molecule has 2 aromatic carbocycles. The van der Waals surface area contributed by atoms with Crippen molar-refractivity contribution in [1.82, 2.24) is 14.8 Å². The average Bonchev–Trinajstić information content (AvgIpc) is 3.48. The van der Waals surface area contributed by atoms with Gasteiger partial charge in [0.2, 0.25) is 6.79 Å². The Labute approximate surface area is 164 Å². The molecule has 5 rings (SSSR count). The summed E-state index contributed by atoms with van der Waals surface area (Å²) in [5.41, 5.74) is 2.75. The fourth-order valence-corrected chi connectivity index (χ4v) is 3.64. The number of fused-ring (bicyclic) bond motifs is 1. The maximum absolute atomic E-state index is 12.5. The molecule has 0 saturated heterocycles. The van der Waals surface area contributed by atoms with Gasteiger partial charge in [0, 0.05) is 10.9 Å². The standard InChI is InChI=1S/C20H14N4O3S/c25-19(22-14-9-21-24(10-14)15-4-2-1-3-5-15)16-11-28-20(23-16)13-6-7-17-18(8-13)27-12-26-17/h1-11H,12H2,(H,22,25). The van der Waals surface area contributed by atoms with Gasteiger partial charge in [-0.2, -0.15) is 5.10 Å². The van der Waals surface area contributed by atoms with Gasteiger partial charge >= 0.3 is 0 Å². The van der Waals surface area contributed by atoms with E-state index >= 15 is 0 Å². The number of para-hydroxylation sites is 1. The van der Waals surface area contributed by atoms with E-state index in [-0.39, 0.29) is 12.7 Å². The summed E-state index contributed by atoms with van der Waals surface area (Å²) >= 11 is 1.40. The fraction of sp³-hybridized carbons (Fsp3) is 0.0500. The lowest BCUT2D eigenvalue weighted by atomic mass is 10.2. The van der Waals surface area contributed by atoms with Gasteiger partial charge in [0.05, 0.1) is 23.8 Å². The first-order valence-corrected chi connectivity index (χ1v) is 9.41. The minimum Gasteiger partial charge on any atom is -0.454 e. The van der Waals surface area contributed by atoms with Crippen LogP contribution in [0.1, 0.15) is 10.5 Å². The van der Waals surface area contributed by atoms with Gasteiger partial charge < -0.3 is 14.8 Å². The third-order valence-corrected chi connectivity index (χ3v) is 5.11. The van der Waals surface area contributed by atoms with E-state index in [1.54, 1.807) is 22.5 Å². The van der Waals surface area contributed by atoms with E-state index in [0.29, 0.717) is 22.9 Å². The summed E-state index contributed by atoms with van der Waals surface area (Å²) in [6, 6.07) is 15.3. The highest BCUT2D eigenvalue weighted by Gasteiger charge is 2.17. The van der Waals surface area contributed by atoms with E-state index in [2.05, 4.69) is 15.4 Å². The number of ether oxygens (including phenoxy) is 2. The highest BCUT2D eigenvalue weighted by Crippen LogP contribution is 2.36. The molecule has 0 aliphatic carbocycles. The maximum atomic E-state index is 12.5. The predicted molar refractivity (Wildman–Crippen MR) is 105 cm³/mol. The summed E-state index contributed by atoms with van der Waals surface area (Å²) in [6.45, 7) is 0.223. The number of amides is 1. The monoisotopic (exact) mass is 390 g/mol. The van der Waals surface area contributed by atoms with Crippen molar-refractivity contribution in [1.29, 1.82) is 0 Å². The van der Waals surface area contributed by atoms with E-state index in [1.807, 2.05) is 48.5 Å². The first kappa shape index (κ1) is 16.5. The van der Waals surface area contributed by atoms with E-state index in [0.717, 1.165) is 16.3 Å². The molecule has 2 aromatic heterocycles. The molecule has 0 unspecified atom stereocenters. The molecule has 0 bridgehead atoms. The van der Waals surface area contributed by atoms with E-state index in [1.165, 1.54) is 11.3 Å². The van der Waals surface area contributed by atoms with Crippen molar-refractivity contribution in [2.45, 2.75) is 0 Å². The molecule has 28 heavy (non-hydrogen) atoms. The third kappa shape index (κ3) is 3.10. The number of rotatable bonds is 4. The molecule has 1 amide bonds. The van der Waals surface area contributed by atoms with Crippen molar-refractivity contribution >= 4 is 22.9 Å². The van der Waals surface area contributed by atoms with Crippen LogP contribution in [-0.2, 0) is 0 Å². The van der Waals surface area contributed by atoms with E-state index in [9.17, 15) is 4.79 Å². The first-order valence-electron chi connectivity index (χ1n) is 8.53. The molecule has 0 fully saturated rings. The largest absolute Gasteiger partial charge is 0.454 e. The number of hydrogen-bond acceptors (Lipinski definition) is 6. The number of benzene rings is 2. The highest BCUT2D eigenvalue weighted by atomic mass is 32.1. The molecular weight excluding hydrogens is 376 g/mol. The van der Waals surface area contributed by atoms with Gasteiger partial charge in [-0.3, -0.25) is 4.79 Å². The normalized spacial score (nSPS) is 12.1. The summed E-state index contributed by atoms with van der Waals surface area (Å²) < 4.78 is 12.4. The number of nitrogens with one attached hydrogen (secondary N) is 1. The van der Waals surface area contributed by atoms with Crippen LogP contribution in [0.15, 0.2) is 66.3 Å². The second-order valence-electron chi connectivity index (χ2n) is 6.07. The smallest absolute Gasteiger partial charge is 0.275 e. The topological polar surface area (TPSA) is 78.3 Å². The lowest BCUT2D eigenvalue weighted by molar-refractivity contribution is 0.102. The van der Waals surface area contributed by atoms with Crippen LogP contribution in [0.3, 0.4) is 0 Å². The lowest BCUT2D eigenvalue weighted by Crippen LogP contribution is -2.11. The number of carbonyl (C=O) groups excluding carboxylic acids is 1. The summed E-state index contributed by atoms with van der Waals surface area (Å²) in [5, 5.41) is 9.58. The van der Waals surface area contributed by atoms with Gasteiger partial charge in [0.15, 0.2) is 11.5 Å². The number of carbonyl (C=O) groups is 1. The molecular formula is C20H14N4O3S. The molecule has 0 saturated carbocycles. The number of thiazole rings is 1. The first-order chi connectivity index (χ1) is 13.8.